The number of rotatable bonds is 4. The Morgan fingerprint density at radius 3 is 2.48 bits per heavy atom. The number of hydrogen-bond acceptors (Lipinski definition) is 6. The number of nitrogens with one attached hydrogen (secondary N) is 2. The highest BCUT2D eigenvalue weighted by Crippen LogP contribution is 2.41. The van der Waals surface area contributed by atoms with Gasteiger partial charge in [0, 0.05) is 12.8 Å². The Kier molecular flexibility index (Phi) is 4.89. The maximum absolute atomic E-state index is 14.8. The van der Waals surface area contributed by atoms with Crippen LogP contribution < -0.4 is 14.8 Å². The molecule has 31 heavy (non-hydrogen) atoms. The zero-order chi connectivity index (χ0) is 21.8. The molecule has 0 fully saturated rings. The average Bonchev–Trinajstić information content (AvgIpc) is 3.49. The molecular formula is C20H23FN4O5S. The molecule has 1 aromatic heterocycles. The molecule has 2 aliphatic carbocycles. The van der Waals surface area contributed by atoms with Crippen molar-refractivity contribution < 1.29 is 27.1 Å². The third-order valence-corrected chi connectivity index (χ3v) is 7.51. The average molecular weight is 450 g/mol. The summed E-state index contributed by atoms with van der Waals surface area (Å²) in [6.07, 6.45) is 5.12. The van der Waals surface area contributed by atoms with Crippen molar-refractivity contribution in [2.45, 2.75) is 56.1 Å². The van der Waals surface area contributed by atoms with Crippen LogP contribution >= 0.6 is 0 Å². The molecule has 1 aliphatic heterocycles. The number of amides is 2. The fourth-order valence-corrected chi connectivity index (χ4v) is 5.72. The summed E-state index contributed by atoms with van der Waals surface area (Å²) in [4.78, 5) is 12.5. The first kappa shape index (κ1) is 20.3. The van der Waals surface area contributed by atoms with Crippen LogP contribution in [0.5, 0.6) is 5.88 Å². The second kappa shape index (κ2) is 7.49. The molecule has 1 aromatic carbocycles. The van der Waals surface area contributed by atoms with Crippen LogP contribution in [-0.2, 0) is 47.0 Å². The van der Waals surface area contributed by atoms with E-state index in [4.69, 9.17) is 9.47 Å². The highest BCUT2D eigenvalue weighted by molar-refractivity contribution is 7.90. The molecule has 3 aliphatic rings. The largest absolute Gasteiger partial charge is 0.474 e. The Hall–Kier alpha value is -2.66. The number of fused-ring (bicyclic) bond motifs is 3. The molecular weight excluding hydrogens is 427 g/mol. The summed E-state index contributed by atoms with van der Waals surface area (Å²) in [6.45, 7) is 0.534. The molecule has 0 bridgehead atoms. The number of methoxy groups -OCH3 is 1. The predicted octanol–water partition coefficient (Wildman–Crippen LogP) is 1.92. The number of benzene rings is 1. The summed E-state index contributed by atoms with van der Waals surface area (Å²) < 4.78 is 54.6. The van der Waals surface area contributed by atoms with Crippen molar-refractivity contribution in [1.82, 2.24) is 14.5 Å². The van der Waals surface area contributed by atoms with E-state index in [0.717, 1.165) is 30.2 Å². The first-order valence-corrected chi connectivity index (χ1v) is 11.8. The molecule has 5 rings (SSSR count). The number of nitrogens with zero attached hydrogens (tertiary/aromatic N) is 2. The second-order valence-electron chi connectivity index (χ2n) is 8.03. The van der Waals surface area contributed by atoms with E-state index in [0.29, 0.717) is 49.0 Å². The summed E-state index contributed by atoms with van der Waals surface area (Å²) in [6, 6.07) is -0.889. The zero-order valence-electron chi connectivity index (χ0n) is 17.0. The summed E-state index contributed by atoms with van der Waals surface area (Å²) in [7, 11) is -2.69. The van der Waals surface area contributed by atoms with E-state index < -0.39 is 16.1 Å². The van der Waals surface area contributed by atoms with Crippen molar-refractivity contribution in [1.29, 1.82) is 0 Å². The lowest BCUT2D eigenvalue weighted by atomic mass is 9.98. The van der Waals surface area contributed by atoms with Gasteiger partial charge in [-0.2, -0.15) is 5.10 Å². The van der Waals surface area contributed by atoms with Crippen LogP contribution in [0.4, 0.5) is 14.9 Å². The standard InChI is InChI=1S/C20H23FN4O5S/c1-29-11-9-25-19(30-10-11)16(8-22-25)31(27,28)24-20(26)23-18-14-6-2-4-12(14)17(21)13-5-3-7-15(13)18/h8,11H,2-7,9-10H2,1H3,(H2,23,24,26). The number of urea groups is 1. The minimum atomic E-state index is -4.22. The normalized spacial score (nSPS) is 19.4. The fraction of sp³-hybridized carbons (Fsp3) is 0.500. The Labute approximate surface area is 179 Å². The van der Waals surface area contributed by atoms with Crippen LogP contribution in [0.1, 0.15) is 35.1 Å². The van der Waals surface area contributed by atoms with Crippen molar-refractivity contribution in [2.75, 3.05) is 19.0 Å². The maximum Gasteiger partial charge on any atom is 0.333 e. The molecule has 1 unspecified atom stereocenters. The first-order valence-electron chi connectivity index (χ1n) is 10.3. The number of ether oxygens (including phenoxy) is 2. The Morgan fingerprint density at radius 2 is 1.84 bits per heavy atom. The van der Waals surface area contributed by atoms with Crippen LogP contribution in [0.2, 0.25) is 0 Å². The lowest BCUT2D eigenvalue weighted by Gasteiger charge is -2.23. The third kappa shape index (κ3) is 3.35. The molecule has 2 N–H and O–H groups in total. The van der Waals surface area contributed by atoms with Gasteiger partial charge in [0.05, 0.1) is 12.7 Å². The fourth-order valence-electron chi connectivity index (χ4n) is 4.73. The maximum atomic E-state index is 14.8. The van der Waals surface area contributed by atoms with Crippen LogP contribution in [0.15, 0.2) is 11.1 Å². The Bertz CT molecular complexity index is 1140. The SMILES string of the molecule is COC1COc2c(S(=O)(=O)NC(=O)Nc3c4c(c(F)c5c3CCC5)CCC4)cnn2C1. The van der Waals surface area contributed by atoms with Gasteiger partial charge in [0.2, 0.25) is 5.88 Å². The quantitative estimate of drug-likeness (QED) is 0.736. The molecule has 2 heterocycles. The van der Waals surface area contributed by atoms with Crippen LogP contribution in [0.25, 0.3) is 0 Å². The van der Waals surface area contributed by atoms with Crippen molar-refractivity contribution in [2.24, 2.45) is 0 Å². The van der Waals surface area contributed by atoms with Gasteiger partial charge in [0.1, 0.15) is 18.5 Å². The van der Waals surface area contributed by atoms with E-state index in [9.17, 15) is 17.6 Å². The van der Waals surface area contributed by atoms with Crippen molar-refractivity contribution >= 4 is 21.7 Å². The van der Waals surface area contributed by atoms with Crippen molar-refractivity contribution in [3.8, 4) is 5.88 Å². The Balaban J connectivity index is 1.40. The van der Waals surface area contributed by atoms with Gasteiger partial charge < -0.3 is 14.8 Å². The summed E-state index contributed by atoms with van der Waals surface area (Å²) in [5.74, 6) is -0.0891. The second-order valence-corrected chi connectivity index (χ2v) is 9.69. The van der Waals surface area contributed by atoms with Gasteiger partial charge in [0.25, 0.3) is 10.0 Å². The number of hydrogen-bond donors (Lipinski definition) is 2. The molecule has 9 nitrogen and oxygen atoms in total. The van der Waals surface area contributed by atoms with Gasteiger partial charge in [-0.3, -0.25) is 0 Å². The van der Waals surface area contributed by atoms with Gasteiger partial charge in [0.15, 0.2) is 4.90 Å². The number of carbonyl (C=O) groups is 1. The number of sulfonamides is 1. The van der Waals surface area contributed by atoms with Crippen LogP contribution in [0.3, 0.4) is 0 Å². The molecule has 2 amide bonds. The molecule has 166 valence electrons. The van der Waals surface area contributed by atoms with E-state index in [-0.39, 0.29) is 29.3 Å². The topological polar surface area (TPSA) is 112 Å². The van der Waals surface area contributed by atoms with E-state index >= 15 is 0 Å². The molecule has 0 spiro atoms. The summed E-state index contributed by atoms with van der Waals surface area (Å²) >= 11 is 0. The molecule has 0 saturated carbocycles. The van der Waals surface area contributed by atoms with Crippen molar-refractivity contribution in [3.63, 3.8) is 0 Å². The van der Waals surface area contributed by atoms with Gasteiger partial charge in [-0.15, -0.1) is 0 Å². The Morgan fingerprint density at radius 1 is 1.19 bits per heavy atom. The molecule has 1 atom stereocenters. The van der Waals surface area contributed by atoms with Gasteiger partial charge >= 0.3 is 6.03 Å². The minimum Gasteiger partial charge on any atom is -0.474 e. The van der Waals surface area contributed by atoms with Crippen LogP contribution in [0, 0.1) is 5.82 Å². The monoisotopic (exact) mass is 450 g/mol. The molecule has 2 aromatic rings. The lowest BCUT2D eigenvalue weighted by molar-refractivity contribution is 0.0165. The van der Waals surface area contributed by atoms with E-state index in [1.807, 2.05) is 4.72 Å². The lowest BCUT2D eigenvalue weighted by Crippen LogP contribution is -2.36. The van der Waals surface area contributed by atoms with Gasteiger partial charge in [-0.05, 0) is 60.8 Å². The van der Waals surface area contributed by atoms with E-state index in [2.05, 4.69) is 10.4 Å². The highest BCUT2D eigenvalue weighted by Gasteiger charge is 2.33. The van der Waals surface area contributed by atoms with Crippen LogP contribution in [-0.4, -0.2) is 44.1 Å². The van der Waals surface area contributed by atoms with E-state index in [1.165, 1.54) is 11.8 Å². The number of carbonyl (C=O) groups excluding carboxylic acids is 1. The summed E-state index contributed by atoms with van der Waals surface area (Å²) in [5.41, 5.74) is 3.41. The highest BCUT2D eigenvalue weighted by atomic mass is 32.2. The zero-order valence-corrected chi connectivity index (χ0v) is 17.8. The molecule has 0 radical (unpaired) electrons. The smallest absolute Gasteiger partial charge is 0.333 e. The van der Waals surface area contributed by atoms with Gasteiger partial charge in [-0.1, -0.05) is 0 Å². The van der Waals surface area contributed by atoms with Gasteiger partial charge in [-0.25, -0.2) is 27.0 Å². The predicted molar refractivity (Wildman–Crippen MR) is 108 cm³/mol. The summed E-state index contributed by atoms with van der Waals surface area (Å²) in [5, 5.41) is 6.74. The first-order chi connectivity index (χ1) is 14.9. The number of halogens is 1. The molecule has 0 saturated heterocycles. The minimum absolute atomic E-state index is 0.0668. The third-order valence-electron chi connectivity index (χ3n) is 6.20. The number of aromatic nitrogens is 2. The number of anilines is 1. The van der Waals surface area contributed by atoms with E-state index in [1.54, 1.807) is 0 Å². The molecule has 11 heteroatoms. The van der Waals surface area contributed by atoms with Crippen molar-refractivity contribution in [3.05, 3.63) is 34.3 Å².